The van der Waals surface area contributed by atoms with Gasteiger partial charge in [-0.15, -0.1) is 0 Å². The Morgan fingerprint density at radius 1 is 0.976 bits per heavy atom. The van der Waals surface area contributed by atoms with Crippen LogP contribution >= 0.6 is 23.2 Å². The molecule has 0 aliphatic rings. The third kappa shape index (κ3) is 9.15. The summed E-state index contributed by atoms with van der Waals surface area (Å²) in [6, 6.07) is 8.98. The molecule has 224 valence electrons. The van der Waals surface area contributed by atoms with E-state index in [1.807, 2.05) is 0 Å². The number of carbonyl (C=O) groups is 3. The first-order valence-corrected chi connectivity index (χ1v) is 13.5. The average molecular weight is 626 g/mol. The molecule has 1 aromatic heterocycles. The quantitative estimate of drug-likeness (QED) is 0.248. The number of hydrogen-bond donors (Lipinski definition) is 1. The van der Waals surface area contributed by atoms with Gasteiger partial charge in [-0.2, -0.15) is 13.2 Å². The van der Waals surface area contributed by atoms with Crippen LogP contribution in [0.5, 0.6) is 11.5 Å². The molecular weight excluding hydrogens is 598 g/mol. The lowest BCUT2D eigenvalue weighted by Gasteiger charge is -2.26. The minimum absolute atomic E-state index is 0.0888. The number of ketones is 2. The number of aromatic nitrogens is 2. The molecule has 0 saturated heterocycles. The van der Waals surface area contributed by atoms with Crippen molar-refractivity contribution in [2.24, 2.45) is 11.8 Å². The van der Waals surface area contributed by atoms with E-state index in [-0.39, 0.29) is 27.8 Å². The van der Waals surface area contributed by atoms with Gasteiger partial charge >= 0.3 is 6.18 Å². The Bertz CT molecular complexity index is 1370. The first kappa shape index (κ1) is 32.8. The third-order valence-corrected chi connectivity index (χ3v) is 6.75. The van der Waals surface area contributed by atoms with Gasteiger partial charge in [-0.3, -0.25) is 24.4 Å². The molecule has 1 heterocycles. The van der Waals surface area contributed by atoms with Crippen molar-refractivity contribution in [3.8, 4) is 11.5 Å². The Hall–Kier alpha value is -3.70. The van der Waals surface area contributed by atoms with E-state index in [1.54, 1.807) is 0 Å². The fraction of sp³-hybridized carbons (Fsp3) is 0.345. The number of halogens is 5. The monoisotopic (exact) mass is 625 g/mol. The number of nitrogens with zero attached hydrogens (tertiary/aromatic N) is 2. The lowest BCUT2D eigenvalue weighted by molar-refractivity contribution is -0.177. The number of Topliss-reactive ketones (excluding diaryl/α,β-unsaturated/α-hetero) is 2. The molecule has 1 amide bonds. The summed E-state index contributed by atoms with van der Waals surface area (Å²) in [5.74, 6) is -5.42. The van der Waals surface area contributed by atoms with E-state index in [9.17, 15) is 27.6 Å². The zero-order chi connectivity index (χ0) is 31.0. The molecule has 1 N–H and O–H groups in total. The van der Waals surface area contributed by atoms with Crippen molar-refractivity contribution >= 4 is 40.7 Å². The summed E-state index contributed by atoms with van der Waals surface area (Å²) in [6.45, 7) is 2.84. The Kier molecular flexibility index (Phi) is 11.3. The van der Waals surface area contributed by atoms with Crippen molar-refractivity contribution in [3.05, 3.63) is 82.4 Å². The van der Waals surface area contributed by atoms with Gasteiger partial charge in [0.05, 0.1) is 12.8 Å². The smallest absolute Gasteiger partial charge is 0.450 e. The lowest BCUT2D eigenvalue weighted by atomic mass is 9.84. The van der Waals surface area contributed by atoms with Crippen molar-refractivity contribution < 1.29 is 37.0 Å². The Balaban J connectivity index is 1.96. The van der Waals surface area contributed by atoms with Gasteiger partial charge in [0.2, 0.25) is 5.78 Å². The Morgan fingerprint density at radius 3 is 2.14 bits per heavy atom. The number of ether oxygens (including phenoxy) is 2. The fourth-order valence-corrected chi connectivity index (χ4v) is 4.64. The maximum atomic E-state index is 13.7. The molecule has 2 aromatic carbocycles. The maximum absolute atomic E-state index is 13.7. The van der Waals surface area contributed by atoms with Crippen molar-refractivity contribution in [3.63, 3.8) is 0 Å². The predicted molar refractivity (Wildman–Crippen MR) is 150 cm³/mol. The summed E-state index contributed by atoms with van der Waals surface area (Å²) < 4.78 is 51.0. The third-order valence-electron chi connectivity index (χ3n) is 6.32. The largest absolute Gasteiger partial charge is 0.497 e. The molecule has 0 bridgehead atoms. The SMILES string of the molecule is COc1ccc([C@H](NC(=O)[C@H](Cc2cnccn2)Oc2cc(Cl)cc(Cl)c2)C(=O)C[C@H](C(=O)C(F)(F)F)C(C)C)cc1. The number of rotatable bonds is 13. The number of carbonyl (C=O) groups excluding carboxylic acids is 3. The minimum atomic E-state index is -5.12. The number of methoxy groups -OCH3 is 1. The summed E-state index contributed by atoms with van der Waals surface area (Å²) in [5.41, 5.74) is 0.647. The van der Waals surface area contributed by atoms with E-state index >= 15 is 0 Å². The highest BCUT2D eigenvalue weighted by Crippen LogP contribution is 2.31. The Morgan fingerprint density at radius 2 is 1.62 bits per heavy atom. The zero-order valence-electron chi connectivity index (χ0n) is 22.8. The number of hydrogen-bond acceptors (Lipinski definition) is 7. The van der Waals surface area contributed by atoms with Gasteiger partial charge in [0.25, 0.3) is 5.91 Å². The normalized spacial score (nSPS) is 13.6. The van der Waals surface area contributed by atoms with E-state index in [0.717, 1.165) is 0 Å². The molecule has 0 fully saturated rings. The molecule has 0 unspecified atom stereocenters. The van der Waals surface area contributed by atoms with E-state index in [4.69, 9.17) is 32.7 Å². The molecule has 0 aliphatic heterocycles. The zero-order valence-corrected chi connectivity index (χ0v) is 24.3. The van der Waals surface area contributed by atoms with Crippen LogP contribution in [0.3, 0.4) is 0 Å². The van der Waals surface area contributed by atoms with Crippen molar-refractivity contribution in [2.45, 2.75) is 45.0 Å². The van der Waals surface area contributed by atoms with Crippen LogP contribution in [-0.4, -0.2) is 46.8 Å². The molecule has 13 heteroatoms. The summed E-state index contributed by atoms with van der Waals surface area (Å²) in [4.78, 5) is 47.5. The van der Waals surface area contributed by atoms with E-state index in [0.29, 0.717) is 11.4 Å². The number of benzene rings is 2. The van der Waals surface area contributed by atoms with Crippen LogP contribution < -0.4 is 14.8 Å². The Labute approximate surface area is 250 Å². The van der Waals surface area contributed by atoms with Gasteiger partial charge in [0, 0.05) is 47.4 Å². The van der Waals surface area contributed by atoms with Gasteiger partial charge in [-0.25, -0.2) is 0 Å². The molecule has 3 rings (SSSR count). The average Bonchev–Trinajstić information content (AvgIpc) is 2.93. The molecular formula is C29H28Cl2F3N3O5. The van der Waals surface area contributed by atoms with Gasteiger partial charge in [-0.1, -0.05) is 49.2 Å². The lowest BCUT2D eigenvalue weighted by Crippen LogP contribution is -2.45. The molecule has 3 atom stereocenters. The summed E-state index contributed by atoms with van der Waals surface area (Å²) in [5, 5.41) is 3.09. The molecule has 8 nitrogen and oxygen atoms in total. The first-order valence-electron chi connectivity index (χ1n) is 12.7. The second-order valence-electron chi connectivity index (χ2n) is 9.71. The molecule has 0 radical (unpaired) electrons. The maximum Gasteiger partial charge on any atom is 0.450 e. The minimum Gasteiger partial charge on any atom is -0.497 e. The second-order valence-corrected chi connectivity index (χ2v) is 10.6. The van der Waals surface area contributed by atoms with Gasteiger partial charge in [-0.05, 0) is 41.8 Å². The highest BCUT2D eigenvalue weighted by molar-refractivity contribution is 6.34. The number of nitrogens with one attached hydrogen (secondary N) is 1. The highest BCUT2D eigenvalue weighted by atomic mass is 35.5. The van der Waals surface area contributed by atoms with E-state index in [2.05, 4.69) is 15.3 Å². The summed E-state index contributed by atoms with van der Waals surface area (Å²) in [7, 11) is 1.44. The van der Waals surface area contributed by atoms with Gasteiger partial charge in [0.15, 0.2) is 11.9 Å². The van der Waals surface area contributed by atoms with Crippen LogP contribution in [0.15, 0.2) is 61.1 Å². The number of alkyl halides is 3. The topological polar surface area (TPSA) is 107 Å². The molecule has 0 spiro atoms. The molecule has 42 heavy (non-hydrogen) atoms. The van der Waals surface area contributed by atoms with Gasteiger partial charge in [0.1, 0.15) is 17.5 Å². The van der Waals surface area contributed by atoms with Gasteiger partial charge < -0.3 is 14.8 Å². The van der Waals surface area contributed by atoms with E-state index < -0.39 is 54.1 Å². The first-order chi connectivity index (χ1) is 19.8. The van der Waals surface area contributed by atoms with Crippen LogP contribution in [0.4, 0.5) is 13.2 Å². The van der Waals surface area contributed by atoms with Crippen LogP contribution in [0.1, 0.15) is 37.6 Å². The van der Waals surface area contributed by atoms with Crippen LogP contribution in [0.25, 0.3) is 0 Å². The summed E-state index contributed by atoms with van der Waals surface area (Å²) >= 11 is 12.2. The van der Waals surface area contributed by atoms with Crippen LogP contribution in [-0.2, 0) is 20.8 Å². The van der Waals surface area contributed by atoms with Crippen LogP contribution in [0.2, 0.25) is 10.0 Å². The fourth-order valence-electron chi connectivity index (χ4n) is 4.13. The molecule has 3 aromatic rings. The molecule has 0 saturated carbocycles. The van der Waals surface area contributed by atoms with Crippen molar-refractivity contribution in [1.82, 2.24) is 15.3 Å². The summed E-state index contributed by atoms with van der Waals surface area (Å²) in [6.07, 6.45) is -2.96. The highest BCUT2D eigenvalue weighted by Gasteiger charge is 2.45. The standard InChI is InChI=1S/C29H28Cl2F3N3O5/c1-16(2)23(27(39)29(32,33)34)14-24(38)26(17-4-6-21(41-3)7-5-17)37-28(40)25(13-20-15-35-8-9-36-20)42-22-11-18(30)10-19(31)12-22/h4-12,15-16,23,25-26H,13-14H2,1-3H3,(H,37,40)/t23-,25-,26-/m0/s1. The van der Waals surface area contributed by atoms with Crippen molar-refractivity contribution in [2.75, 3.05) is 7.11 Å². The predicted octanol–water partition coefficient (Wildman–Crippen LogP) is 6.00. The van der Waals surface area contributed by atoms with Crippen LogP contribution in [0, 0.1) is 11.8 Å². The molecule has 0 aliphatic carbocycles. The van der Waals surface area contributed by atoms with E-state index in [1.165, 1.54) is 82.0 Å². The number of amides is 1. The second kappa shape index (κ2) is 14.5. The van der Waals surface area contributed by atoms with Crippen molar-refractivity contribution in [1.29, 1.82) is 0 Å².